The molecule has 0 bridgehead atoms. The van der Waals surface area contributed by atoms with Crippen LogP contribution in [0.4, 0.5) is 0 Å². The van der Waals surface area contributed by atoms with E-state index in [0.29, 0.717) is 17.8 Å². The fourth-order valence-electron chi connectivity index (χ4n) is 1.23. The van der Waals surface area contributed by atoms with E-state index in [1.165, 1.54) is 0 Å². The fourth-order valence-corrected chi connectivity index (χ4v) is 1.23. The van der Waals surface area contributed by atoms with Gasteiger partial charge in [-0.2, -0.15) is 0 Å². The number of nitrogens with one attached hydrogen (secondary N) is 1. The van der Waals surface area contributed by atoms with Crippen molar-refractivity contribution in [2.75, 3.05) is 0 Å². The van der Waals surface area contributed by atoms with Gasteiger partial charge in [-0.15, -0.1) is 0 Å². The number of hydrogen-bond acceptors (Lipinski definition) is 5. The van der Waals surface area contributed by atoms with Crippen LogP contribution in [-0.2, 0) is 16.2 Å². The number of oxime groups is 1. The molecule has 0 aliphatic carbocycles. The number of nitrogens with two attached hydrogens (primary N) is 2. The van der Waals surface area contributed by atoms with Crippen molar-refractivity contribution >= 4 is 11.7 Å². The van der Waals surface area contributed by atoms with Crippen LogP contribution in [0.25, 0.3) is 0 Å². The second kappa shape index (κ2) is 7.44. The molecule has 0 aliphatic heterocycles. The largest absolute Gasteiger partial charge is 0.391 e. The molecular weight excluding hydrogens is 258 g/mol. The summed E-state index contributed by atoms with van der Waals surface area (Å²) in [5.74, 6) is 0.0413. The Balaban J connectivity index is 2.60. The summed E-state index contributed by atoms with van der Waals surface area (Å²) in [5, 5.41) is 6.46. The normalized spacial score (nSPS) is 13.2. The van der Waals surface area contributed by atoms with Crippen LogP contribution in [0.5, 0.6) is 0 Å². The van der Waals surface area contributed by atoms with E-state index in [4.69, 9.17) is 16.3 Å². The minimum atomic E-state index is -0.537. The number of carbonyl (C=O) groups excluding carboxylic acids is 1. The van der Waals surface area contributed by atoms with E-state index in [9.17, 15) is 4.79 Å². The van der Waals surface area contributed by atoms with Gasteiger partial charge in [0, 0.05) is 11.8 Å². The van der Waals surface area contributed by atoms with Gasteiger partial charge in [-0.25, -0.2) is 0 Å². The third-order valence-corrected chi connectivity index (χ3v) is 2.34. The summed E-state index contributed by atoms with van der Waals surface area (Å²) >= 11 is 0. The molecule has 1 heterocycles. The Morgan fingerprint density at radius 1 is 1.45 bits per heavy atom. The highest BCUT2D eigenvalue weighted by Gasteiger charge is 2.07. The van der Waals surface area contributed by atoms with Crippen LogP contribution in [0.2, 0.25) is 0 Å². The monoisotopic (exact) mass is 279 g/mol. The molecule has 7 nitrogen and oxygen atoms in total. The second-order valence-corrected chi connectivity index (χ2v) is 4.68. The van der Waals surface area contributed by atoms with Gasteiger partial charge in [-0.05, 0) is 32.9 Å². The van der Waals surface area contributed by atoms with Gasteiger partial charge in [0.05, 0.1) is 18.3 Å². The number of amidine groups is 1. The van der Waals surface area contributed by atoms with Crippen molar-refractivity contribution in [3.05, 3.63) is 29.6 Å². The van der Waals surface area contributed by atoms with E-state index in [2.05, 4.69) is 15.5 Å². The fraction of sp³-hybridized carbons (Fsp3) is 0.462. The van der Waals surface area contributed by atoms with Crippen molar-refractivity contribution in [3.63, 3.8) is 0 Å². The van der Waals surface area contributed by atoms with Crippen molar-refractivity contribution in [1.82, 2.24) is 10.3 Å². The Kier molecular flexibility index (Phi) is 5.92. The number of amides is 1. The number of rotatable bonds is 6. The van der Waals surface area contributed by atoms with Gasteiger partial charge >= 0.3 is 0 Å². The Hall–Kier alpha value is -2.15. The first-order valence-electron chi connectivity index (χ1n) is 6.38. The van der Waals surface area contributed by atoms with Crippen molar-refractivity contribution in [2.24, 2.45) is 16.6 Å². The quantitative estimate of drug-likeness (QED) is 0.388. The topological polar surface area (TPSA) is 116 Å². The smallest absolute Gasteiger partial charge is 0.236 e. The maximum absolute atomic E-state index is 11.3. The first-order valence-corrected chi connectivity index (χ1v) is 6.38. The minimum Gasteiger partial charge on any atom is -0.391 e. The third-order valence-electron chi connectivity index (χ3n) is 2.34. The van der Waals surface area contributed by atoms with E-state index >= 15 is 0 Å². The molecule has 0 fully saturated rings. The van der Waals surface area contributed by atoms with Gasteiger partial charge in [0.1, 0.15) is 6.10 Å². The highest BCUT2D eigenvalue weighted by molar-refractivity contribution is 5.96. The summed E-state index contributed by atoms with van der Waals surface area (Å²) in [6, 6.07) is 2.99. The maximum Gasteiger partial charge on any atom is 0.236 e. The lowest BCUT2D eigenvalue weighted by Crippen LogP contribution is -2.37. The van der Waals surface area contributed by atoms with E-state index < -0.39 is 6.04 Å². The molecule has 1 aromatic heterocycles. The molecule has 7 heteroatoms. The summed E-state index contributed by atoms with van der Waals surface area (Å²) < 4.78 is 0. The maximum atomic E-state index is 11.3. The van der Waals surface area contributed by atoms with Crippen LogP contribution in [0.15, 0.2) is 23.5 Å². The van der Waals surface area contributed by atoms with Crippen molar-refractivity contribution in [3.8, 4) is 0 Å². The van der Waals surface area contributed by atoms with Crippen LogP contribution >= 0.6 is 0 Å². The van der Waals surface area contributed by atoms with Crippen LogP contribution in [-0.4, -0.2) is 28.9 Å². The molecule has 110 valence electrons. The predicted molar refractivity (Wildman–Crippen MR) is 76.7 cm³/mol. The van der Waals surface area contributed by atoms with Crippen molar-refractivity contribution < 1.29 is 9.63 Å². The average Bonchev–Trinajstić information content (AvgIpc) is 2.42. The van der Waals surface area contributed by atoms with Crippen molar-refractivity contribution in [1.29, 1.82) is 0 Å². The molecule has 0 saturated heterocycles. The number of nitrogens with zero attached hydrogens (tertiary/aromatic N) is 2. The van der Waals surface area contributed by atoms with Crippen LogP contribution in [0.3, 0.4) is 0 Å². The lowest BCUT2D eigenvalue weighted by atomic mass is 10.2. The molecule has 0 radical (unpaired) electrons. The number of aromatic nitrogens is 1. The Labute approximate surface area is 118 Å². The lowest BCUT2D eigenvalue weighted by Gasteiger charge is -2.08. The zero-order valence-electron chi connectivity index (χ0n) is 12.0. The van der Waals surface area contributed by atoms with Crippen molar-refractivity contribution in [2.45, 2.75) is 39.5 Å². The molecule has 1 atom stereocenters. The molecule has 1 rings (SSSR count). The summed E-state index contributed by atoms with van der Waals surface area (Å²) in [6.45, 7) is 5.66. The van der Waals surface area contributed by atoms with Gasteiger partial charge in [0.15, 0.2) is 5.84 Å². The minimum absolute atomic E-state index is 0.0331. The van der Waals surface area contributed by atoms with E-state index in [1.807, 2.05) is 13.8 Å². The predicted octanol–water partition coefficient (Wildman–Crippen LogP) is 0.0903. The average molecular weight is 279 g/mol. The number of pyridine rings is 1. The second-order valence-electron chi connectivity index (χ2n) is 4.68. The summed E-state index contributed by atoms with van der Waals surface area (Å²) in [4.78, 5) is 20.6. The Morgan fingerprint density at radius 2 is 2.15 bits per heavy atom. The summed E-state index contributed by atoms with van der Waals surface area (Å²) in [7, 11) is 0. The summed E-state index contributed by atoms with van der Waals surface area (Å²) in [5.41, 5.74) is 12.6. The van der Waals surface area contributed by atoms with Gasteiger partial charge in [-0.1, -0.05) is 5.16 Å². The zero-order chi connectivity index (χ0) is 15.1. The third kappa shape index (κ3) is 5.23. The van der Waals surface area contributed by atoms with Crippen LogP contribution in [0.1, 0.15) is 32.0 Å². The standard InChI is InChI=1S/C13H21N5O2/c1-8(2)20-18-12(15)10-4-5-11(16-6-10)7-17-13(19)9(3)14/h4-6,8-9H,7,14H2,1-3H3,(H2,15,18)(H,17,19)/t9-/m0/s1. The van der Waals surface area contributed by atoms with E-state index in [1.54, 1.807) is 25.3 Å². The molecule has 0 aliphatic rings. The first-order chi connectivity index (χ1) is 9.40. The number of carbonyl (C=O) groups is 1. The lowest BCUT2D eigenvalue weighted by molar-refractivity contribution is -0.122. The molecule has 20 heavy (non-hydrogen) atoms. The van der Waals surface area contributed by atoms with Gasteiger partial charge in [-0.3, -0.25) is 9.78 Å². The van der Waals surface area contributed by atoms with Crippen LogP contribution < -0.4 is 16.8 Å². The molecule has 0 unspecified atom stereocenters. The SMILES string of the molecule is CC(C)O/N=C(/N)c1ccc(CNC(=O)[C@H](C)N)nc1. The van der Waals surface area contributed by atoms with Gasteiger partial charge in [0.25, 0.3) is 0 Å². The highest BCUT2D eigenvalue weighted by Crippen LogP contribution is 2.01. The molecule has 0 spiro atoms. The molecule has 0 saturated carbocycles. The number of hydrogen-bond donors (Lipinski definition) is 3. The molecular formula is C13H21N5O2. The van der Waals surface area contributed by atoms with Crippen LogP contribution in [0, 0.1) is 0 Å². The van der Waals surface area contributed by atoms with E-state index in [0.717, 1.165) is 0 Å². The first kappa shape index (κ1) is 15.9. The molecule has 5 N–H and O–H groups in total. The Morgan fingerprint density at radius 3 is 2.65 bits per heavy atom. The van der Waals surface area contributed by atoms with E-state index in [-0.39, 0.29) is 17.8 Å². The Bertz CT molecular complexity index is 468. The molecule has 1 amide bonds. The molecule has 0 aromatic carbocycles. The van der Waals surface area contributed by atoms with Gasteiger partial charge in [0.2, 0.25) is 5.91 Å². The summed E-state index contributed by atoms with van der Waals surface area (Å²) in [6.07, 6.45) is 1.55. The van der Waals surface area contributed by atoms with Gasteiger partial charge < -0.3 is 21.6 Å². The highest BCUT2D eigenvalue weighted by atomic mass is 16.6. The zero-order valence-corrected chi connectivity index (χ0v) is 12.0. The molecule has 1 aromatic rings.